The second-order valence-electron chi connectivity index (χ2n) is 4.53. The smallest absolute Gasteiger partial charge is 0.394 e. The summed E-state index contributed by atoms with van der Waals surface area (Å²) in [5.41, 5.74) is 0. The molecule has 0 spiro atoms. The van der Waals surface area contributed by atoms with Gasteiger partial charge in [0.15, 0.2) is 0 Å². The fourth-order valence-electron chi connectivity index (χ4n) is 1.51. The SMILES string of the molecule is O=P(O)(OCCO)OCCC#CC#CCCCCCC/C=C/I. The first-order valence-corrected chi connectivity index (χ1v) is 10.3. The third kappa shape index (κ3) is 17.8. The minimum Gasteiger partial charge on any atom is -0.394 e. The van der Waals surface area contributed by atoms with Gasteiger partial charge < -0.3 is 10.00 Å². The summed E-state index contributed by atoms with van der Waals surface area (Å²) in [5, 5.41) is 8.47. The zero-order chi connectivity index (χ0) is 17.2. The van der Waals surface area contributed by atoms with Gasteiger partial charge in [-0.2, -0.15) is 0 Å². The quantitative estimate of drug-likeness (QED) is 0.203. The fraction of sp³-hybridized carbons (Fsp3) is 0.625. The summed E-state index contributed by atoms with van der Waals surface area (Å²) < 4.78 is 22.4. The summed E-state index contributed by atoms with van der Waals surface area (Å²) in [5.74, 6) is 11.2. The minimum absolute atomic E-state index is 0.0143. The third-order valence-corrected chi connectivity index (χ3v) is 4.10. The molecule has 1 unspecified atom stereocenters. The van der Waals surface area contributed by atoms with Gasteiger partial charge >= 0.3 is 7.82 Å². The number of phosphoric ester groups is 1. The van der Waals surface area contributed by atoms with E-state index in [1.807, 2.05) is 0 Å². The average Bonchev–Trinajstić information content (AvgIpc) is 2.53. The number of rotatable bonds is 12. The summed E-state index contributed by atoms with van der Waals surface area (Å²) in [6, 6.07) is 0. The van der Waals surface area contributed by atoms with E-state index in [1.54, 1.807) is 0 Å². The van der Waals surface area contributed by atoms with Crippen LogP contribution in [-0.4, -0.2) is 29.8 Å². The highest BCUT2D eigenvalue weighted by Gasteiger charge is 2.19. The van der Waals surface area contributed by atoms with Gasteiger partial charge in [0.1, 0.15) is 0 Å². The van der Waals surface area contributed by atoms with Gasteiger partial charge in [-0.25, -0.2) is 4.57 Å². The Kier molecular flexibility index (Phi) is 16.3. The Balaban J connectivity index is 3.57. The lowest BCUT2D eigenvalue weighted by atomic mass is 10.1. The third-order valence-electron chi connectivity index (χ3n) is 2.58. The molecule has 0 aliphatic carbocycles. The van der Waals surface area contributed by atoms with Crippen molar-refractivity contribution in [2.75, 3.05) is 19.8 Å². The molecule has 0 bridgehead atoms. The molecule has 1 atom stereocenters. The van der Waals surface area contributed by atoms with Crippen LogP contribution in [0, 0.1) is 23.7 Å². The van der Waals surface area contributed by atoms with E-state index in [1.165, 1.54) is 19.3 Å². The Morgan fingerprint density at radius 1 is 1.00 bits per heavy atom. The maximum atomic E-state index is 11.2. The van der Waals surface area contributed by atoms with Crippen LogP contribution >= 0.6 is 30.4 Å². The van der Waals surface area contributed by atoms with Crippen LogP contribution in [-0.2, 0) is 13.6 Å². The van der Waals surface area contributed by atoms with Crippen molar-refractivity contribution < 1.29 is 23.6 Å². The van der Waals surface area contributed by atoms with Gasteiger partial charge in [0, 0.05) is 12.8 Å². The topological polar surface area (TPSA) is 76.0 Å². The Hall–Kier alpha value is -0.340. The van der Waals surface area contributed by atoms with Gasteiger partial charge in [-0.1, -0.05) is 53.3 Å². The van der Waals surface area contributed by atoms with Crippen molar-refractivity contribution in [1.82, 2.24) is 0 Å². The number of hydrogen-bond donors (Lipinski definition) is 2. The standard InChI is InChI=1S/C16H24IO5P/c17-13-11-9-7-5-3-1-2-4-6-8-10-12-15-21-23(19,20)22-16-14-18/h11,13,18H,1-3,5,7,9,12,14-16H2,(H,19,20)/b13-11+. The van der Waals surface area contributed by atoms with Gasteiger partial charge in [0.25, 0.3) is 0 Å². The second-order valence-corrected chi connectivity index (χ2v) is 6.70. The van der Waals surface area contributed by atoms with E-state index >= 15 is 0 Å². The van der Waals surface area contributed by atoms with Crippen molar-refractivity contribution in [2.24, 2.45) is 0 Å². The van der Waals surface area contributed by atoms with Gasteiger partial charge in [-0.15, -0.1) is 0 Å². The summed E-state index contributed by atoms with van der Waals surface area (Å²) >= 11 is 2.23. The fourth-order valence-corrected chi connectivity index (χ4v) is 2.58. The summed E-state index contributed by atoms with van der Waals surface area (Å²) in [6.07, 6.45) is 9.18. The molecule has 0 fully saturated rings. The van der Waals surface area contributed by atoms with E-state index < -0.39 is 7.82 Å². The summed E-state index contributed by atoms with van der Waals surface area (Å²) in [4.78, 5) is 9.16. The molecule has 7 heteroatoms. The molecule has 0 amide bonds. The van der Waals surface area contributed by atoms with Gasteiger partial charge in [0.05, 0.1) is 19.8 Å². The Labute approximate surface area is 152 Å². The Bertz CT molecular complexity index is 484. The molecule has 0 saturated heterocycles. The molecule has 0 aliphatic heterocycles. The van der Waals surface area contributed by atoms with E-state index in [9.17, 15) is 4.57 Å². The van der Waals surface area contributed by atoms with Crippen LogP contribution < -0.4 is 0 Å². The summed E-state index contributed by atoms with van der Waals surface area (Å²) in [6.45, 7) is -0.585. The molecule has 0 saturated carbocycles. The predicted octanol–water partition coefficient (Wildman–Crippen LogP) is 3.80. The van der Waals surface area contributed by atoms with Crippen LogP contribution in [0.25, 0.3) is 0 Å². The van der Waals surface area contributed by atoms with Crippen molar-refractivity contribution in [1.29, 1.82) is 0 Å². The lowest BCUT2D eigenvalue weighted by Gasteiger charge is -2.09. The largest absolute Gasteiger partial charge is 0.472 e. The first-order valence-electron chi connectivity index (χ1n) is 7.56. The molecule has 23 heavy (non-hydrogen) atoms. The van der Waals surface area contributed by atoms with E-state index in [0.29, 0.717) is 6.42 Å². The molecule has 0 aromatic carbocycles. The van der Waals surface area contributed by atoms with Crippen molar-refractivity contribution >= 4 is 30.4 Å². The van der Waals surface area contributed by atoms with Gasteiger partial charge in [-0.05, 0) is 35.2 Å². The van der Waals surface area contributed by atoms with Crippen molar-refractivity contribution in [2.45, 2.75) is 44.9 Å². The molecule has 0 heterocycles. The predicted molar refractivity (Wildman–Crippen MR) is 99.8 cm³/mol. The van der Waals surface area contributed by atoms with E-state index in [4.69, 9.17) is 10.00 Å². The highest BCUT2D eigenvalue weighted by Crippen LogP contribution is 2.42. The van der Waals surface area contributed by atoms with Crippen LogP contribution in [0.4, 0.5) is 0 Å². The molecule has 0 rings (SSSR count). The van der Waals surface area contributed by atoms with E-state index in [-0.39, 0.29) is 19.8 Å². The summed E-state index contributed by atoms with van der Waals surface area (Å²) in [7, 11) is -4.06. The maximum Gasteiger partial charge on any atom is 0.472 e. The Morgan fingerprint density at radius 3 is 2.35 bits per heavy atom. The highest BCUT2D eigenvalue weighted by atomic mass is 127. The highest BCUT2D eigenvalue weighted by molar-refractivity contribution is 14.1. The normalized spacial score (nSPS) is 13.0. The van der Waals surface area contributed by atoms with Crippen molar-refractivity contribution in [3.63, 3.8) is 0 Å². The van der Waals surface area contributed by atoms with Gasteiger partial charge in [0.2, 0.25) is 0 Å². The lowest BCUT2D eigenvalue weighted by Crippen LogP contribution is -2.00. The average molecular weight is 454 g/mol. The zero-order valence-corrected chi connectivity index (χ0v) is 16.2. The minimum atomic E-state index is -4.06. The first-order chi connectivity index (χ1) is 11.1. The van der Waals surface area contributed by atoms with E-state index in [2.05, 4.69) is 65.5 Å². The van der Waals surface area contributed by atoms with Crippen LogP contribution in [0.5, 0.6) is 0 Å². The number of aliphatic hydroxyl groups is 1. The number of phosphoric acid groups is 1. The molecule has 130 valence electrons. The van der Waals surface area contributed by atoms with Crippen LogP contribution in [0.2, 0.25) is 0 Å². The van der Waals surface area contributed by atoms with Crippen LogP contribution in [0.1, 0.15) is 44.9 Å². The van der Waals surface area contributed by atoms with Crippen molar-refractivity contribution in [3.05, 3.63) is 10.2 Å². The number of aliphatic hydroxyl groups excluding tert-OH is 1. The number of halogens is 1. The Morgan fingerprint density at radius 2 is 1.65 bits per heavy atom. The number of unbranched alkanes of at least 4 members (excludes halogenated alkanes) is 5. The monoisotopic (exact) mass is 454 g/mol. The lowest BCUT2D eigenvalue weighted by molar-refractivity contribution is 0.125. The molecular weight excluding hydrogens is 430 g/mol. The van der Waals surface area contributed by atoms with E-state index in [0.717, 1.165) is 19.3 Å². The first kappa shape index (κ1) is 22.7. The maximum absolute atomic E-state index is 11.2. The number of hydrogen-bond acceptors (Lipinski definition) is 4. The molecule has 2 N–H and O–H groups in total. The zero-order valence-electron chi connectivity index (χ0n) is 13.2. The van der Waals surface area contributed by atoms with Gasteiger partial charge in [-0.3, -0.25) is 9.05 Å². The molecule has 0 radical (unpaired) electrons. The molecular formula is C16H24IO5P. The molecule has 0 aliphatic rings. The molecule has 0 aromatic heterocycles. The van der Waals surface area contributed by atoms with Crippen molar-refractivity contribution in [3.8, 4) is 23.7 Å². The van der Waals surface area contributed by atoms with Crippen LogP contribution in [0.15, 0.2) is 10.2 Å². The van der Waals surface area contributed by atoms with Crippen LogP contribution in [0.3, 0.4) is 0 Å². The molecule has 5 nitrogen and oxygen atoms in total. The molecule has 0 aromatic rings. The second kappa shape index (κ2) is 16.5. The number of allylic oxidation sites excluding steroid dienone is 1.